The van der Waals surface area contributed by atoms with Gasteiger partial charge < -0.3 is 4.74 Å². The molecular formula is C26H33F2NO2. The van der Waals surface area contributed by atoms with Crippen LogP contribution in [0.3, 0.4) is 0 Å². The molecule has 0 amide bonds. The van der Waals surface area contributed by atoms with E-state index in [1.54, 1.807) is 20.8 Å². The number of benzene rings is 2. The van der Waals surface area contributed by atoms with Gasteiger partial charge in [0.1, 0.15) is 11.6 Å². The van der Waals surface area contributed by atoms with Crippen molar-refractivity contribution in [2.75, 3.05) is 0 Å². The third-order valence-corrected chi connectivity index (χ3v) is 5.74. The molecule has 0 saturated heterocycles. The van der Waals surface area contributed by atoms with Crippen LogP contribution in [0, 0.1) is 5.92 Å². The Balaban J connectivity index is 2.01. The van der Waals surface area contributed by atoms with E-state index in [1.165, 1.54) is 0 Å². The Hall–Kier alpha value is -2.27. The minimum atomic E-state index is -2.93. The molecule has 31 heavy (non-hydrogen) atoms. The van der Waals surface area contributed by atoms with Crippen LogP contribution in [0.15, 0.2) is 60.7 Å². The molecule has 3 rings (SSSR count). The van der Waals surface area contributed by atoms with Gasteiger partial charge in [-0.2, -0.15) is 0 Å². The molecule has 1 fully saturated rings. The minimum Gasteiger partial charge on any atom is -0.459 e. The predicted molar refractivity (Wildman–Crippen MR) is 119 cm³/mol. The average Bonchev–Trinajstić information content (AvgIpc) is 2.89. The van der Waals surface area contributed by atoms with Gasteiger partial charge in [-0.15, -0.1) is 0 Å². The van der Waals surface area contributed by atoms with Crippen LogP contribution in [0.25, 0.3) is 0 Å². The SMILES string of the molecule is CC(C)(C)OC(=O)C(NC(c1ccccc1)c1ccccc1)C1CCCCCC1(F)F. The summed E-state index contributed by atoms with van der Waals surface area (Å²) in [4.78, 5) is 13.2. The Morgan fingerprint density at radius 1 is 0.968 bits per heavy atom. The molecule has 2 unspecified atom stereocenters. The molecule has 2 aromatic carbocycles. The summed E-state index contributed by atoms with van der Waals surface area (Å²) in [6.07, 6.45) is 2.02. The van der Waals surface area contributed by atoms with Gasteiger partial charge in [0.25, 0.3) is 5.92 Å². The molecule has 0 aliphatic heterocycles. The van der Waals surface area contributed by atoms with Gasteiger partial charge in [0, 0.05) is 12.3 Å². The van der Waals surface area contributed by atoms with Crippen molar-refractivity contribution in [1.82, 2.24) is 5.32 Å². The second-order valence-electron chi connectivity index (χ2n) is 9.40. The first-order chi connectivity index (χ1) is 14.7. The zero-order valence-corrected chi connectivity index (χ0v) is 18.6. The molecular weight excluding hydrogens is 396 g/mol. The van der Waals surface area contributed by atoms with E-state index in [4.69, 9.17) is 4.74 Å². The Bertz CT molecular complexity index is 794. The highest BCUT2D eigenvalue weighted by molar-refractivity contribution is 5.77. The number of halogens is 2. The average molecular weight is 430 g/mol. The van der Waals surface area contributed by atoms with Gasteiger partial charge in [-0.1, -0.05) is 73.5 Å². The molecule has 1 saturated carbocycles. The quantitative estimate of drug-likeness (QED) is 0.433. The summed E-state index contributed by atoms with van der Waals surface area (Å²) in [6, 6.07) is 17.7. The highest BCUT2D eigenvalue weighted by atomic mass is 19.3. The number of esters is 1. The maximum atomic E-state index is 15.2. The van der Waals surface area contributed by atoms with Crippen LogP contribution in [0.2, 0.25) is 0 Å². The number of alkyl halides is 2. The van der Waals surface area contributed by atoms with Gasteiger partial charge in [0.2, 0.25) is 0 Å². The maximum absolute atomic E-state index is 15.2. The Kier molecular flexibility index (Phi) is 7.47. The van der Waals surface area contributed by atoms with Gasteiger partial charge in [-0.05, 0) is 44.7 Å². The largest absolute Gasteiger partial charge is 0.459 e. The summed E-state index contributed by atoms with van der Waals surface area (Å²) in [5.41, 5.74) is 1.07. The van der Waals surface area contributed by atoms with Crippen LogP contribution < -0.4 is 5.32 Å². The fourth-order valence-electron chi connectivity index (χ4n) is 4.28. The fourth-order valence-corrected chi connectivity index (χ4v) is 4.28. The van der Waals surface area contributed by atoms with Crippen LogP contribution in [0.4, 0.5) is 8.78 Å². The monoisotopic (exact) mass is 429 g/mol. The molecule has 2 aromatic rings. The zero-order valence-electron chi connectivity index (χ0n) is 18.6. The van der Waals surface area contributed by atoms with E-state index >= 15 is 8.78 Å². The van der Waals surface area contributed by atoms with E-state index in [-0.39, 0.29) is 6.42 Å². The van der Waals surface area contributed by atoms with Gasteiger partial charge in [-0.3, -0.25) is 10.1 Å². The second-order valence-corrected chi connectivity index (χ2v) is 9.40. The first-order valence-electron chi connectivity index (χ1n) is 11.1. The lowest BCUT2D eigenvalue weighted by Crippen LogP contribution is -2.52. The zero-order chi connectivity index (χ0) is 22.5. The van der Waals surface area contributed by atoms with E-state index in [2.05, 4.69) is 5.32 Å². The maximum Gasteiger partial charge on any atom is 0.324 e. The second kappa shape index (κ2) is 9.90. The predicted octanol–water partition coefficient (Wildman–Crippen LogP) is 6.29. The summed E-state index contributed by atoms with van der Waals surface area (Å²) in [5.74, 6) is -4.65. The lowest BCUT2D eigenvalue weighted by Gasteiger charge is -2.36. The van der Waals surface area contributed by atoms with Gasteiger partial charge in [0.05, 0.1) is 6.04 Å². The lowest BCUT2D eigenvalue weighted by molar-refractivity contribution is -0.166. The summed E-state index contributed by atoms with van der Waals surface area (Å²) in [5, 5.41) is 3.31. The van der Waals surface area contributed by atoms with Crippen molar-refractivity contribution in [2.45, 2.75) is 76.5 Å². The number of carbonyl (C=O) groups excluding carboxylic acids is 1. The van der Waals surface area contributed by atoms with E-state index in [0.717, 1.165) is 17.5 Å². The molecule has 5 heteroatoms. The Morgan fingerprint density at radius 3 is 2.03 bits per heavy atom. The molecule has 3 nitrogen and oxygen atoms in total. The van der Waals surface area contributed by atoms with Crippen LogP contribution in [-0.2, 0) is 9.53 Å². The van der Waals surface area contributed by atoms with Crippen LogP contribution >= 0.6 is 0 Å². The van der Waals surface area contributed by atoms with Crippen LogP contribution in [-0.4, -0.2) is 23.5 Å². The first kappa shape index (κ1) is 23.4. The standard InChI is InChI=1S/C26H33F2NO2/c1-25(2,3)31-24(30)23(21-17-11-6-12-18-26(21,27)28)29-22(19-13-7-4-8-14-19)20-15-9-5-10-16-20/h4-5,7-10,13-16,21-23,29H,6,11-12,17-18H2,1-3H3. The van der Waals surface area contributed by atoms with E-state index < -0.39 is 35.5 Å². The first-order valence-corrected chi connectivity index (χ1v) is 11.1. The van der Waals surface area contributed by atoms with Gasteiger partial charge in [0.15, 0.2) is 0 Å². The molecule has 0 aromatic heterocycles. The van der Waals surface area contributed by atoms with Crippen LogP contribution in [0.1, 0.15) is 70.0 Å². The van der Waals surface area contributed by atoms with Crippen molar-refractivity contribution < 1.29 is 18.3 Å². The lowest BCUT2D eigenvalue weighted by atomic mass is 9.86. The third kappa shape index (κ3) is 6.36. The molecule has 0 radical (unpaired) electrons. The molecule has 2 atom stereocenters. The summed E-state index contributed by atoms with van der Waals surface area (Å²) < 4.78 is 36.0. The fraction of sp³-hybridized carbons (Fsp3) is 0.500. The number of rotatable bonds is 6. The van der Waals surface area contributed by atoms with Crippen molar-refractivity contribution in [3.63, 3.8) is 0 Å². The highest BCUT2D eigenvalue weighted by Crippen LogP contribution is 2.40. The van der Waals surface area contributed by atoms with Crippen molar-refractivity contribution >= 4 is 5.97 Å². The van der Waals surface area contributed by atoms with Gasteiger partial charge >= 0.3 is 5.97 Å². The topological polar surface area (TPSA) is 38.3 Å². The summed E-state index contributed by atoms with van der Waals surface area (Å²) in [6.45, 7) is 5.29. The van der Waals surface area contributed by atoms with E-state index in [9.17, 15) is 4.79 Å². The Labute approximate surface area is 184 Å². The summed E-state index contributed by atoms with van der Waals surface area (Å²) >= 11 is 0. The van der Waals surface area contributed by atoms with E-state index in [0.29, 0.717) is 19.3 Å². The van der Waals surface area contributed by atoms with Crippen molar-refractivity contribution in [2.24, 2.45) is 5.92 Å². The molecule has 1 aliphatic carbocycles. The van der Waals surface area contributed by atoms with E-state index in [1.807, 2.05) is 60.7 Å². The smallest absolute Gasteiger partial charge is 0.324 e. The highest BCUT2D eigenvalue weighted by Gasteiger charge is 2.48. The number of hydrogen-bond donors (Lipinski definition) is 1. The number of carbonyl (C=O) groups is 1. The Morgan fingerprint density at radius 2 is 1.52 bits per heavy atom. The van der Waals surface area contributed by atoms with Crippen molar-refractivity contribution in [3.05, 3.63) is 71.8 Å². The van der Waals surface area contributed by atoms with Crippen LogP contribution in [0.5, 0.6) is 0 Å². The normalized spacial score (nSPS) is 20.1. The van der Waals surface area contributed by atoms with Crippen molar-refractivity contribution in [3.8, 4) is 0 Å². The summed E-state index contributed by atoms with van der Waals surface area (Å²) in [7, 11) is 0. The third-order valence-electron chi connectivity index (χ3n) is 5.74. The number of ether oxygens (including phenoxy) is 1. The van der Waals surface area contributed by atoms with Crippen molar-refractivity contribution in [1.29, 1.82) is 0 Å². The minimum absolute atomic E-state index is 0.194. The molecule has 0 spiro atoms. The molecule has 0 heterocycles. The number of hydrogen-bond acceptors (Lipinski definition) is 3. The molecule has 1 aliphatic rings. The van der Waals surface area contributed by atoms with Gasteiger partial charge in [-0.25, -0.2) is 8.78 Å². The molecule has 1 N–H and O–H groups in total. The molecule has 168 valence electrons. The number of nitrogens with one attached hydrogen (secondary N) is 1. The molecule has 0 bridgehead atoms.